The van der Waals surface area contributed by atoms with Crippen LogP contribution >= 0.6 is 0 Å². The van der Waals surface area contributed by atoms with Gasteiger partial charge >= 0.3 is 0 Å². The van der Waals surface area contributed by atoms with E-state index in [1.54, 1.807) is 6.92 Å². The Bertz CT molecular complexity index is 419. The second kappa shape index (κ2) is 6.20. The molecule has 0 aliphatic heterocycles. The van der Waals surface area contributed by atoms with Gasteiger partial charge in [-0.15, -0.1) is 0 Å². The zero-order valence-electron chi connectivity index (χ0n) is 12.0. The lowest BCUT2D eigenvalue weighted by molar-refractivity contribution is -0.116. The second-order valence-electron chi connectivity index (χ2n) is 5.75. The molecule has 19 heavy (non-hydrogen) atoms. The number of rotatable bonds is 6. The Labute approximate surface area is 115 Å². The summed E-state index contributed by atoms with van der Waals surface area (Å²) in [5, 5.41) is 3.51. The average Bonchev–Trinajstić information content (AvgIpc) is 2.27. The van der Waals surface area contributed by atoms with Gasteiger partial charge in [0.2, 0.25) is 0 Å². The van der Waals surface area contributed by atoms with Gasteiger partial charge in [-0.2, -0.15) is 0 Å². The fraction of sp³-hybridized carbons (Fsp3) is 0.562. The summed E-state index contributed by atoms with van der Waals surface area (Å²) in [5.74, 6) is 1.09. The SMILES string of the molecule is CC(=O)Cc1ccc(O[C@H]2C[C@@H](NC(C)C)C2)cc1. The fourth-order valence-corrected chi connectivity index (χ4v) is 2.44. The summed E-state index contributed by atoms with van der Waals surface area (Å²) < 4.78 is 5.90. The van der Waals surface area contributed by atoms with Gasteiger partial charge in [0.25, 0.3) is 0 Å². The van der Waals surface area contributed by atoms with Crippen LogP contribution in [0.4, 0.5) is 0 Å². The minimum atomic E-state index is 0.190. The van der Waals surface area contributed by atoms with Crippen LogP contribution < -0.4 is 10.1 Å². The van der Waals surface area contributed by atoms with Crippen LogP contribution in [-0.4, -0.2) is 24.0 Å². The van der Waals surface area contributed by atoms with E-state index in [2.05, 4.69) is 19.2 Å². The number of benzene rings is 1. The Kier molecular flexibility index (Phi) is 4.59. The third-order valence-electron chi connectivity index (χ3n) is 3.34. The van der Waals surface area contributed by atoms with Crippen LogP contribution in [0.5, 0.6) is 5.75 Å². The average molecular weight is 261 g/mol. The Morgan fingerprint density at radius 2 is 1.95 bits per heavy atom. The predicted octanol–water partition coefficient (Wildman–Crippen LogP) is 2.73. The maximum Gasteiger partial charge on any atom is 0.134 e. The highest BCUT2D eigenvalue weighted by Crippen LogP contribution is 2.26. The first-order valence-electron chi connectivity index (χ1n) is 7.04. The smallest absolute Gasteiger partial charge is 0.134 e. The predicted molar refractivity (Wildman–Crippen MR) is 76.5 cm³/mol. The quantitative estimate of drug-likeness (QED) is 0.855. The monoisotopic (exact) mass is 261 g/mol. The Morgan fingerprint density at radius 3 is 2.47 bits per heavy atom. The molecule has 1 saturated carbocycles. The van der Waals surface area contributed by atoms with Gasteiger partial charge < -0.3 is 10.1 Å². The summed E-state index contributed by atoms with van der Waals surface area (Å²) in [6, 6.07) is 9.00. The van der Waals surface area contributed by atoms with Crippen molar-refractivity contribution in [3.8, 4) is 5.75 Å². The molecule has 1 fully saturated rings. The summed E-state index contributed by atoms with van der Waals surface area (Å²) in [6.45, 7) is 5.95. The number of Topliss-reactive ketones (excluding diaryl/α,β-unsaturated/α-hetero) is 1. The molecule has 104 valence electrons. The van der Waals surface area contributed by atoms with Crippen molar-refractivity contribution in [1.29, 1.82) is 0 Å². The molecule has 0 aromatic heterocycles. The molecule has 1 N–H and O–H groups in total. The topological polar surface area (TPSA) is 38.3 Å². The number of ether oxygens (including phenoxy) is 1. The molecule has 1 aromatic carbocycles. The summed E-state index contributed by atoms with van der Waals surface area (Å²) in [5.41, 5.74) is 1.05. The third-order valence-corrected chi connectivity index (χ3v) is 3.34. The molecule has 1 aliphatic carbocycles. The lowest BCUT2D eigenvalue weighted by Crippen LogP contribution is -2.49. The van der Waals surface area contributed by atoms with E-state index in [9.17, 15) is 4.79 Å². The highest BCUT2D eigenvalue weighted by atomic mass is 16.5. The molecule has 0 heterocycles. The molecule has 0 saturated heterocycles. The molecular weight excluding hydrogens is 238 g/mol. The standard InChI is InChI=1S/C16H23NO2/c1-11(2)17-14-9-16(10-14)19-15-6-4-13(5-7-15)8-12(3)18/h4-7,11,14,16-17H,8-10H2,1-3H3/t14-,16+. The van der Waals surface area contributed by atoms with Crippen LogP contribution in [0.1, 0.15) is 39.2 Å². The minimum absolute atomic E-state index is 0.190. The number of hydrogen-bond acceptors (Lipinski definition) is 3. The summed E-state index contributed by atoms with van der Waals surface area (Å²) in [6.07, 6.45) is 2.99. The van der Waals surface area contributed by atoms with Crippen molar-refractivity contribution in [1.82, 2.24) is 5.32 Å². The Balaban J connectivity index is 1.77. The van der Waals surface area contributed by atoms with E-state index in [1.807, 2.05) is 24.3 Å². The lowest BCUT2D eigenvalue weighted by atomic mass is 9.88. The largest absolute Gasteiger partial charge is 0.490 e. The molecule has 0 radical (unpaired) electrons. The van der Waals surface area contributed by atoms with Gasteiger partial charge in [-0.05, 0) is 37.5 Å². The minimum Gasteiger partial charge on any atom is -0.490 e. The van der Waals surface area contributed by atoms with Gasteiger partial charge in [0.1, 0.15) is 17.6 Å². The van der Waals surface area contributed by atoms with Crippen LogP contribution in [0.25, 0.3) is 0 Å². The van der Waals surface area contributed by atoms with E-state index in [4.69, 9.17) is 4.74 Å². The van der Waals surface area contributed by atoms with Gasteiger partial charge in [-0.1, -0.05) is 26.0 Å². The first-order chi connectivity index (χ1) is 9.02. The maximum absolute atomic E-state index is 11.0. The number of nitrogens with one attached hydrogen (secondary N) is 1. The number of carbonyl (C=O) groups excluding carboxylic acids is 1. The molecule has 1 aromatic rings. The van der Waals surface area contributed by atoms with Crippen LogP contribution in [0.3, 0.4) is 0 Å². The van der Waals surface area contributed by atoms with Gasteiger partial charge in [-0.25, -0.2) is 0 Å². The summed E-state index contributed by atoms with van der Waals surface area (Å²) in [7, 11) is 0. The highest BCUT2D eigenvalue weighted by molar-refractivity contribution is 5.78. The Morgan fingerprint density at radius 1 is 1.32 bits per heavy atom. The number of hydrogen-bond donors (Lipinski definition) is 1. The molecule has 1 aliphatic rings. The van der Waals surface area contributed by atoms with Crippen LogP contribution in [0, 0.1) is 0 Å². The molecular formula is C16H23NO2. The van der Waals surface area contributed by atoms with Crippen LogP contribution in [0.2, 0.25) is 0 Å². The summed E-state index contributed by atoms with van der Waals surface area (Å²) in [4.78, 5) is 11.0. The van der Waals surface area contributed by atoms with Gasteiger partial charge in [0, 0.05) is 18.5 Å². The first-order valence-corrected chi connectivity index (χ1v) is 7.04. The summed E-state index contributed by atoms with van der Waals surface area (Å²) >= 11 is 0. The maximum atomic E-state index is 11.0. The van der Waals surface area contributed by atoms with E-state index in [1.165, 1.54) is 0 Å². The van der Waals surface area contributed by atoms with Crippen molar-refractivity contribution >= 4 is 5.78 Å². The van der Waals surface area contributed by atoms with Crippen LogP contribution in [0.15, 0.2) is 24.3 Å². The lowest BCUT2D eigenvalue weighted by Gasteiger charge is -2.37. The van der Waals surface area contributed by atoms with Crippen molar-refractivity contribution in [3.63, 3.8) is 0 Å². The molecule has 0 spiro atoms. The van der Waals surface area contributed by atoms with Crippen molar-refractivity contribution in [2.24, 2.45) is 0 Å². The molecule has 0 amide bonds. The van der Waals surface area contributed by atoms with E-state index in [-0.39, 0.29) is 5.78 Å². The molecule has 3 heteroatoms. The van der Waals surface area contributed by atoms with Crippen molar-refractivity contribution in [2.75, 3.05) is 0 Å². The number of carbonyl (C=O) groups is 1. The Hall–Kier alpha value is -1.35. The van der Waals surface area contributed by atoms with E-state index in [0.29, 0.717) is 24.6 Å². The van der Waals surface area contributed by atoms with Gasteiger partial charge in [-0.3, -0.25) is 4.79 Å². The van der Waals surface area contributed by atoms with E-state index >= 15 is 0 Å². The first kappa shape index (κ1) is 14.1. The van der Waals surface area contributed by atoms with E-state index in [0.717, 1.165) is 24.2 Å². The molecule has 0 atom stereocenters. The van der Waals surface area contributed by atoms with Crippen molar-refractivity contribution in [3.05, 3.63) is 29.8 Å². The van der Waals surface area contributed by atoms with Gasteiger partial charge in [0.05, 0.1) is 0 Å². The van der Waals surface area contributed by atoms with Gasteiger partial charge in [0.15, 0.2) is 0 Å². The normalized spacial score (nSPS) is 22.1. The molecule has 0 bridgehead atoms. The van der Waals surface area contributed by atoms with Crippen molar-refractivity contribution in [2.45, 2.75) is 58.2 Å². The third kappa shape index (κ3) is 4.35. The number of ketones is 1. The molecule has 3 nitrogen and oxygen atoms in total. The second-order valence-corrected chi connectivity index (χ2v) is 5.75. The highest BCUT2D eigenvalue weighted by Gasteiger charge is 2.30. The van der Waals surface area contributed by atoms with Crippen molar-refractivity contribution < 1.29 is 9.53 Å². The molecule has 0 unspecified atom stereocenters. The van der Waals surface area contributed by atoms with Crippen LogP contribution in [-0.2, 0) is 11.2 Å². The zero-order chi connectivity index (χ0) is 13.8. The molecule has 2 rings (SSSR count). The zero-order valence-corrected chi connectivity index (χ0v) is 12.0. The fourth-order valence-electron chi connectivity index (χ4n) is 2.44. The van der Waals surface area contributed by atoms with E-state index < -0.39 is 0 Å².